The molecule has 4 aliphatic carbocycles. The number of nitrogens with zero attached hydrogens (tertiary/aromatic N) is 2. The highest BCUT2D eigenvalue weighted by atomic mass is 35.5. The van der Waals surface area contributed by atoms with Crippen LogP contribution in [0.5, 0.6) is 23.0 Å². The fourth-order valence-electron chi connectivity index (χ4n) is 8.91. The summed E-state index contributed by atoms with van der Waals surface area (Å²) in [6.45, 7) is 1.00. The lowest BCUT2D eigenvalue weighted by Crippen LogP contribution is -2.14. The SMILES string of the molecule is COC(=O)c1cc(OCc2ccc(Cl)c(COC3(c4cnccc4-c4ccccc4OC4CC4)CC3)c2)cc(OCc2ccc(Cl)c(COC3(c4cnccc4-c4ccccc4OC4CC4)CC3)c2)c1. The van der Waals surface area contributed by atoms with E-state index in [1.54, 1.807) is 18.2 Å². The Hall–Kier alpha value is -6.43. The molecule has 7 aromatic rings. The van der Waals surface area contributed by atoms with Crippen LogP contribution in [0.3, 0.4) is 0 Å². The van der Waals surface area contributed by atoms with Crippen LogP contribution in [-0.2, 0) is 51.8 Å². The first-order valence-electron chi connectivity index (χ1n) is 24.0. The lowest BCUT2D eigenvalue weighted by molar-refractivity contribution is 0.0172. The van der Waals surface area contributed by atoms with Crippen molar-refractivity contribution in [3.8, 4) is 45.3 Å². The molecule has 12 heteroatoms. The Morgan fingerprint density at radius 3 is 1.44 bits per heavy atom. The lowest BCUT2D eigenvalue weighted by atomic mass is 9.96. The van der Waals surface area contributed by atoms with Gasteiger partial charge in [-0.05, 0) is 145 Å². The van der Waals surface area contributed by atoms with Crippen molar-refractivity contribution in [2.45, 2.75) is 101 Å². The fraction of sp³-hybridized carbons (Fsp3) is 0.293. The first-order chi connectivity index (χ1) is 34.2. The number of methoxy groups -OCH3 is 1. The highest BCUT2D eigenvalue weighted by molar-refractivity contribution is 6.31. The topological polar surface area (TPSA) is 107 Å². The van der Waals surface area contributed by atoms with Gasteiger partial charge in [-0.15, -0.1) is 0 Å². The predicted molar refractivity (Wildman–Crippen MR) is 267 cm³/mol. The highest BCUT2D eigenvalue weighted by Crippen LogP contribution is 2.55. The average molecular weight is 976 g/mol. The average Bonchev–Trinajstić information content (AvgIpc) is 4.14. The zero-order chi connectivity index (χ0) is 47.7. The fourth-order valence-corrected chi connectivity index (χ4v) is 9.25. The molecule has 0 aliphatic heterocycles. The first-order valence-corrected chi connectivity index (χ1v) is 24.7. The van der Waals surface area contributed by atoms with Gasteiger partial charge in [0.05, 0.1) is 49.3 Å². The smallest absolute Gasteiger partial charge is 0.338 e. The Balaban J connectivity index is 0.745. The quantitative estimate of drug-likeness (QED) is 0.0646. The van der Waals surface area contributed by atoms with Gasteiger partial charge in [-0.1, -0.05) is 71.7 Å². The maximum absolute atomic E-state index is 12.9. The van der Waals surface area contributed by atoms with Crippen LogP contribution in [0.25, 0.3) is 22.3 Å². The zero-order valence-corrected chi connectivity index (χ0v) is 40.3. The molecule has 0 saturated heterocycles. The molecule has 4 aliphatic rings. The number of halogens is 2. The minimum absolute atomic E-state index is 0.202. The van der Waals surface area contributed by atoms with Crippen molar-refractivity contribution in [1.29, 1.82) is 0 Å². The summed E-state index contributed by atoms with van der Waals surface area (Å²) in [6.07, 6.45) is 15.8. The van der Waals surface area contributed by atoms with E-state index in [2.05, 4.69) is 22.1 Å². The summed E-state index contributed by atoms with van der Waals surface area (Å²) in [7, 11) is 1.34. The molecular weight excluding hydrogens is 924 g/mol. The summed E-state index contributed by atoms with van der Waals surface area (Å²) in [5.41, 5.74) is 9.05. The molecule has 11 rings (SSSR count). The molecule has 2 aromatic heterocycles. The van der Waals surface area contributed by atoms with Crippen molar-refractivity contribution in [2.24, 2.45) is 0 Å². The Bertz CT molecular complexity index is 2860. The minimum Gasteiger partial charge on any atom is -0.490 e. The molecule has 0 N–H and O–H groups in total. The van der Waals surface area contributed by atoms with Crippen molar-refractivity contribution in [2.75, 3.05) is 7.11 Å². The van der Waals surface area contributed by atoms with Gasteiger partial charge >= 0.3 is 5.97 Å². The number of carbonyl (C=O) groups is 1. The number of benzene rings is 5. The van der Waals surface area contributed by atoms with E-state index in [0.717, 1.165) is 119 Å². The molecule has 0 unspecified atom stereocenters. The molecule has 0 spiro atoms. The van der Waals surface area contributed by atoms with Crippen LogP contribution >= 0.6 is 23.2 Å². The number of pyridine rings is 2. The van der Waals surface area contributed by atoms with Crippen LogP contribution in [0.4, 0.5) is 0 Å². The van der Waals surface area contributed by atoms with E-state index in [1.807, 2.05) is 110 Å². The Kier molecular flexibility index (Phi) is 13.0. The molecule has 5 aromatic carbocycles. The molecule has 10 nitrogen and oxygen atoms in total. The van der Waals surface area contributed by atoms with Crippen molar-refractivity contribution in [1.82, 2.24) is 9.97 Å². The summed E-state index contributed by atoms with van der Waals surface area (Å²) >= 11 is 13.6. The number of para-hydroxylation sites is 2. The van der Waals surface area contributed by atoms with E-state index in [1.165, 1.54) is 7.11 Å². The van der Waals surface area contributed by atoms with E-state index in [4.69, 9.17) is 56.4 Å². The second-order valence-electron chi connectivity index (χ2n) is 18.6. The monoisotopic (exact) mass is 974 g/mol. The number of hydrogen-bond acceptors (Lipinski definition) is 10. The van der Waals surface area contributed by atoms with Crippen LogP contribution in [0.15, 0.2) is 140 Å². The molecule has 70 heavy (non-hydrogen) atoms. The third-order valence-electron chi connectivity index (χ3n) is 13.4. The Morgan fingerprint density at radius 2 is 1.01 bits per heavy atom. The van der Waals surface area contributed by atoms with Gasteiger partial charge in [-0.2, -0.15) is 0 Å². The minimum atomic E-state index is -0.512. The predicted octanol–water partition coefficient (Wildman–Crippen LogP) is 13.6. The third kappa shape index (κ3) is 10.4. The van der Waals surface area contributed by atoms with Gasteiger partial charge in [-0.25, -0.2) is 4.79 Å². The summed E-state index contributed by atoms with van der Waals surface area (Å²) in [6, 6.07) is 37.1. The zero-order valence-electron chi connectivity index (χ0n) is 38.8. The number of aromatic nitrogens is 2. The van der Waals surface area contributed by atoms with Crippen LogP contribution in [0.2, 0.25) is 10.0 Å². The summed E-state index contributed by atoms with van der Waals surface area (Å²) in [4.78, 5) is 21.9. The maximum atomic E-state index is 12.9. The van der Waals surface area contributed by atoms with Crippen LogP contribution < -0.4 is 18.9 Å². The number of rotatable bonds is 21. The van der Waals surface area contributed by atoms with E-state index in [9.17, 15) is 4.79 Å². The standard InChI is InChI=1S/C58H52Cl2N2O8/c1-64-56(63)39-28-44(65-33-37-10-16-52(59)40(26-37)35-67-57(20-21-57)50-31-61-24-18-46(50)48-6-2-4-8-54(48)69-42-12-13-42)30-45(29-39)66-34-38-11-17-53(60)41(27-38)36-68-58(22-23-58)51-32-62-25-19-47(51)49-7-3-5-9-55(49)70-43-14-15-43/h2-11,16-19,24-32,42-43H,12-15,20-23,33-36H2,1H3. The van der Waals surface area contributed by atoms with Gasteiger partial charge < -0.3 is 33.2 Å². The normalized spacial score (nSPS) is 16.3. The van der Waals surface area contributed by atoms with Crippen LogP contribution in [-0.4, -0.2) is 35.3 Å². The molecule has 2 heterocycles. The third-order valence-corrected chi connectivity index (χ3v) is 14.1. The summed E-state index contributed by atoms with van der Waals surface area (Å²) < 4.78 is 43.8. The maximum Gasteiger partial charge on any atom is 0.338 e. The van der Waals surface area contributed by atoms with E-state index in [0.29, 0.717) is 40.3 Å². The summed E-state index contributed by atoms with van der Waals surface area (Å²) in [5.74, 6) is 2.13. The molecule has 356 valence electrons. The Morgan fingerprint density at radius 1 is 0.557 bits per heavy atom. The highest BCUT2D eigenvalue weighted by Gasteiger charge is 2.49. The summed E-state index contributed by atoms with van der Waals surface area (Å²) in [5, 5.41) is 1.19. The molecule has 4 fully saturated rings. The molecule has 0 atom stereocenters. The largest absolute Gasteiger partial charge is 0.490 e. The van der Waals surface area contributed by atoms with Crippen LogP contribution in [0.1, 0.15) is 95.1 Å². The van der Waals surface area contributed by atoms with Crippen molar-refractivity contribution < 1.29 is 38.0 Å². The van der Waals surface area contributed by atoms with E-state index < -0.39 is 17.2 Å². The number of hydrogen-bond donors (Lipinski definition) is 0. The van der Waals surface area contributed by atoms with Crippen molar-refractivity contribution in [3.05, 3.63) is 189 Å². The van der Waals surface area contributed by atoms with Gasteiger partial charge in [0.15, 0.2) is 0 Å². The van der Waals surface area contributed by atoms with Gasteiger partial charge in [0.1, 0.15) is 36.2 Å². The second kappa shape index (κ2) is 19.8. The van der Waals surface area contributed by atoms with Crippen molar-refractivity contribution >= 4 is 29.2 Å². The lowest BCUT2D eigenvalue weighted by Gasteiger charge is -2.22. The van der Waals surface area contributed by atoms with Crippen molar-refractivity contribution in [3.63, 3.8) is 0 Å². The van der Waals surface area contributed by atoms with Gasteiger partial charge in [0.2, 0.25) is 0 Å². The van der Waals surface area contributed by atoms with Gasteiger partial charge in [0, 0.05) is 63.2 Å². The van der Waals surface area contributed by atoms with Gasteiger partial charge in [0.25, 0.3) is 0 Å². The molecule has 0 radical (unpaired) electrons. The molecular formula is C58H52Cl2N2O8. The number of carbonyl (C=O) groups excluding carboxylic acids is 1. The number of esters is 1. The molecule has 0 amide bonds. The first kappa shape index (κ1) is 46.0. The van der Waals surface area contributed by atoms with Crippen LogP contribution in [0, 0.1) is 0 Å². The second-order valence-corrected chi connectivity index (χ2v) is 19.5. The Labute approximate surface area is 417 Å². The molecule has 0 bridgehead atoms. The van der Waals surface area contributed by atoms with E-state index >= 15 is 0 Å². The van der Waals surface area contributed by atoms with E-state index in [-0.39, 0.29) is 25.4 Å². The molecule has 4 saturated carbocycles. The van der Waals surface area contributed by atoms with Gasteiger partial charge in [-0.3, -0.25) is 9.97 Å². The number of ether oxygens (including phenoxy) is 7.